The van der Waals surface area contributed by atoms with Crippen molar-refractivity contribution in [1.29, 1.82) is 5.26 Å². The second-order valence-corrected chi connectivity index (χ2v) is 6.08. The van der Waals surface area contributed by atoms with Gasteiger partial charge in [0.1, 0.15) is 0 Å². The van der Waals surface area contributed by atoms with Crippen LogP contribution in [-0.2, 0) is 4.79 Å². The number of hydrogen-bond acceptors (Lipinski definition) is 2. The van der Waals surface area contributed by atoms with Crippen LogP contribution in [0.2, 0.25) is 0 Å². The average molecular weight is 250 g/mol. The predicted octanol–water partition coefficient (Wildman–Crippen LogP) is 3.36. The zero-order valence-electron chi connectivity index (χ0n) is 12.0. The van der Waals surface area contributed by atoms with Gasteiger partial charge in [0.05, 0.1) is 11.5 Å². The Hall–Kier alpha value is -1.04. The van der Waals surface area contributed by atoms with Crippen molar-refractivity contribution < 1.29 is 4.79 Å². The van der Waals surface area contributed by atoms with E-state index in [1.165, 1.54) is 6.42 Å². The van der Waals surface area contributed by atoms with Crippen LogP contribution >= 0.6 is 0 Å². The molecule has 3 heteroatoms. The molecule has 1 saturated heterocycles. The molecule has 1 unspecified atom stereocenters. The predicted molar refractivity (Wildman–Crippen MR) is 72.8 cm³/mol. The summed E-state index contributed by atoms with van der Waals surface area (Å²) in [5, 5.41) is 8.96. The summed E-state index contributed by atoms with van der Waals surface area (Å²) in [4.78, 5) is 14.0. The summed E-state index contributed by atoms with van der Waals surface area (Å²) in [6.45, 7) is 7.86. The monoisotopic (exact) mass is 250 g/mol. The minimum atomic E-state index is -0.263. The van der Waals surface area contributed by atoms with Gasteiger partial charge in [0.15, 0.2) is 0 Å². The van der Waals surface area contributed by atoms with E-state index in [-0.39, 0.29) is 5.41 Å². The van der Waals surface area contributed by atoms with E-state index in [1.807, 2.05) is 18.7 Å². The third kappa shape index (κ3) is 4.68. The highest BCUT2D eigenvalue weighted by atomic mass is 16.2. The molecule has 0 N–H and O–H groups in total. The largest absolute Gasteiger partial charge is 0.343 e. The molecule has 0 aliphatic carbocycles. The fraction of sp³-hybridized carbons (Fsp3) is 0.867. The van der Waals surface area contributed by atoms with Gasteiger partial charge in [0.25, 0.3) is 0 Å². The van der Waals surface area contributed by atoms with E-state index >= 15 is 0 Å². The molecule has 1 aliphatic heterocycles. The van der Waals surface area contributed by atoms with E-state index in [2.05, 4.69) is 13.0 Å². The average Bonchev–Trinajstić information content (AvgIpc) is 2.52. The third-order valence-corrected chi connectivity index (χ3v) is 4.04. The van der Waals surface area contributed by atoms with E-state index in [9.17, 15) is 4.79 Å². The number of carbonyl (C=O) groups excluding carboxylic acids is 1. The van der Waals surface area contributed by atoms with Gasteiger partial charge in [0.2, 0.25) is 5.91 Å². The highest BCUT2D eigenvalue weighted by Crippen LogP contribution is 2.23. The van der Waals surface area contributed by atoms with Crippen LogP contribution in [0.1, 0.15) is 59.3 Å². The first-order valence-electron chi connectivity index (χ1n) is 7.17. The minimum absolute atomic E-state index is 0.263. The maximum absolute atomic E-state index is 12.0. The molecule has 18 heavy (non-hydrogen) atoms. The van der Waals surface area contributed by atoms with Gasteiger partial charge in [-0.3, -0.25) is 4.79 Å². The van der Waals surface area contributed by atoms with Crippen molar-refractivity contribution in [1.82, 2.24) is 4.90 Å². The maximum atomic E-state index is 12.0. The van der Waals surface area contributed by atoms with E-state index in [1.54, 1.807) is 0 Å². The summed E-state index contributed by atoms with van der Waals surface area (Å²) >= 11 is 0. The van der Waals surface area contributed by atoms with Crippen LogP contribution in [0.5, 0.6) is 0 Å². The van der Waals surface area contributed by atoms with Gasteiger partial charge in [-0.2, -0.15) is 5.26 Å². The van der Waals surface area contributed by atoms with Gasteiger partial charge in [0, 0.05) is 19.5 Å². The molecule has 0 aromatic carbocycles. The molecule has 102 valence electrons. The van der Waals surface area contributed by atoms with Gasteiger partial charge in [-0.1, -0.05) is 13.3 Å². The number of hydrogen-bond donors (Lipinski definition) is 0. The Bertz CT molecular complexity index is 317. The molecule has 3 nitrogen and oxygen atoms in total. The van der Waals surface area contributed by atoms with Crippen molar-refractivity contribution in [2.45, 2.75) is 59.3 Å². The number of nitrogens with zero attached hydrogens (tertiary/aromatic N) is 2. The van der Waals surface area contributed by atoms with Crippen LogP contribution in [-0.4, -0.2) is 23.9 Å². The first kappa shape index (κ1) is 15.0. The summed E-state index contributed by atoms with van der Waals surface area (Å²) < 4.78 is 0. The van der Waals surface area contributed by atoms with Gasteiger partial charge in [-0.25, -0.2) is 0 Å². The first-order chi connectivity index (χ1) is 8.48. The van der Waals surface area contributed by atoms with E-state index < -0.39 is 0 Å². The van der Waals surface area contributed by atoms with Crippen molar-refractivity contribution in [3.8, 4) is 6.07 Å². The van der Waals surface area contributed by atoms with Crippen molar-refractivity contribution >= 4 is 5.91 Å². The molecule has 1 amide bonds. The van der Waals surface area contributed by atoms with Crippen LogP contribution in [0.15, 0.2) is 0 Å². The quantitative estimate of drug-likeness (QED) is 0.751. The summed E-state index contributed by atoms with van der Waals surface area (Å²) in [6, 6.07) is 2.32. The Morgan fingerprint density at radius 1 is 1.44 bits per heavy atom. The molecule has 1 fully saturated rings. The lowest BCUT2D eigenvalue weighted by Gasteiger charge is -2.22. The summed E-state index contributed by atoms with van der Waals surface area (Å²) in [5.41, 5.74) is -0.263. The molecule has 1 rings (SSSR count). The van der Waals surface area contributed by atoms with Gasteiger partial charge in [-0.15, -0.1) is 0 Å². The number of amides is 1. The lowest BCUT2D eigenvalue weighted by Crippen LogP contribution is -2.31. The minimum Gasteiger partial charge on any atom is -0.343 e. The van der Waals surface area contributed by atoms with Crippen molar-refractivity contribution in [2.75, 3.05) is 13.1 Å². The van der Waals surface area contributed by atoms with E-state index in [4.69, 9.17) is 5.26 Å². The molecular formula is C15H26N2O. The summed E-state index contributed by atoms with van der Waals surface area (Å²) in [5.74, 6) is 1.02. The van der Waals surface area contributed by atoms with Crippen molar-refractivity contribution in [3.63, 3.8) is 0 Å². The zero-order chi connectivity index (χ0) is 13.6. The Morgan fingerprint density at radius 2 is 2.17 bits per heavy atom. The van der Waals surface area contributed by atoms with Crippen molar-refractivity contribution in [2.24, 2.45) is 11.3 Å². The molecular weight excluding hydrogens is 224 g/mol. The highest BCUT2D eigenvalue weighted by molar-refractivity contribution is 5.76. The highest BCUT2D eigenvalue weighted by Gasteiger charge is 2.22. The fourth-order valence-corrected chi connectivity index (χ4v) is 2.51. The van der Waals surface area contributed by atoms with Gasteiger partial charge >= 0.3 is 0 Å². The smallest absolute Gasteiger partial charge is 0.222 e. The topological polar surface area (TPSA) is 44.1 Å². The molecule has 0 aromatic heterocycles. The fourth-order valence-electron chi connectivity index (χ4n) is 2.51. The first-order valence-corrected chi connectivity index (χ1v) is 7.17. The maximum Gasteiger partial charge on any atom is 0.222 e. The lowest BCUT2D eigenvalue weighted by molar-refractivity contribution is -0.130. The van der Waals surface area contributed by atoms with Crippen LogP contribution in [0, 0.1) is 22.7 Å². The van der Waals surface area contributed by atoms with Crippen LogP contribution in [0.4, 0.5) is 0 Å². The van der Waals surface area contributed by atoms with Crippen LogP contribution < -0.4 is 0 Å². The van der Waals surface area contributed by atoms with E-state index in [0.717, 1.165) is 44.7 Å². The Morgan fingerprint density at radius 3 is 2.78 bits per heavy atom. The standard InChI is InChI=1S/C15H26N2O/c1-4-13-6-7-14(18)17(11-8-13)10-5-9-15(2,3)12-16/h13H,4-11H2,1-3H3. The Kier molecular flexibility index (Phi) is 5.65. The normalized spacial score (nSPS) is 21.6. The molecule has 0 bridgehead atoms. The molecule has 1 aliphatic rings. The Labute approximate surface area is 111 Å². The van der Waals surface area contributed by atoms with Crippen molar-refractivity contribution in [3.05, 3.63) is 0 Å². The molecule has 0 aromatic rings. The lowest BCUT2D eigenvalue weighted by atomic mass is 9.90. The number of carbonyl (C=O) groups is 1. The second-order valence-electron chi connectivity index (χ2n) is 6.08. The molecule has 1 heterocycles. The van der Waals surface area contributed by atoms with Crippen LogP contribution in [0.3, 0.4) is 0 Å². The second kappa shape index (κ2) is 6.78. The molecule has 0 spiro atoms. The van der Waals surface area contributed by atoms with E-state index in [0.29, 0.717) is 12.3 Å². The third-order valence-electron chi connectivity index (χ3n) is 4.04. The zero-order valence-corrected chi connectivity index (χ0v) is 12.0. The summed E-state index contributed by atoms with van der Waals surface area (Å²) in [7, 11) is 0. The number of rotatable bonds is 5. The number of nitriles is 1. The van der Waals surface area contributed by atoms with Crippen LogP contribution in [0.25, 0.3) is 0 Å². The SMILES string of the molecule is CCC1CCC(=O)N(CCCC(C)(C)C#N)CC1. The number of likely N-dealkylation sites (tertiary alicyclic amines) is 1. The molecule has 0 radical (unpaired) electrons. The Balaban J connectivity index is 2.37. The van der Waals surface area contributed by atoms with Gasteiger partial charge in [-0.05, 0) is 45.4 Å². The van der Waals surface area contributed by atoms with Gasteiger partial charge < -0.3 is 4.90 Å². The summed E-state index contributed by atoms with van der Waals surface area (Å²) in [6.07, 6.45) is 5.88. The molecule has 1 atom stereocenters. The molecule has 0 saturated carbocycles.